The van der Waals surface area contributed by atoms with Crippen LogP contribution in [-0.4, -0.2) is 17.3 Å². The van der Waals surface area contributed by atoms with Crippen molar-refractivity contribution in [2.45, 2.75) is 0 Å². The normalized spacial score (nSPS) is 10.4. The minimum Gasteiger partial charge on any atom is -0.496 e. The van der Waals surface area contributed by atoms with Gasteiger partial charge in [-0.05, 0) is 18.2 Å². The van der Waals surface area contributed by atoms with Gasteiger partial charge < -0.3 is 15.0 Å². The van der Waals surface area contributed by atoms with Crippen LogP contribution in [-0.2, 0) is 0 Å². The molecule has 3 aromatic rings. The molecule has 0 spiro atoms. The predicted molar refractivity (Wildman–Crippen MR) is 76.1 cm³/mol. The van der Waals surface area contributed by atoms with E-state index in [0.717, 1.165) is 16.7 Å². The maximum atomic E-state index is 5.90. The number of ether oxygens (including phenoxy) is 1. The Kier molecular flexibility index (Phi) is 3.09. The Morgan fingerprint density at radius 2 is 2.00 bits per heavy atom. The summed E-state index contributed by atoms with van der Waals surface area (Å²) in [6.07, 6.45) is 3.43. The van der Waals surface area contributed by atoms with Gasteiger partial charge in [0.05, 0.1) is 12.7 Å². The summed E-state index contributed by atoms with van der Waals surface area (Å²) in [6.45, 7) is 0. The zero-order chi connectivity index (χ0) is 13.9. The van der Waals surface area contributed by atoms with Crippen molar-refractivity contribution in [3.8, 4) is 28.1 Å². The molecule has 2 heterocycles. The predicted octanol–water partition coefficient (Wildman–Crippen LogP) is 2.99. The summed E-state index contributed by atoms with van der Waals surface area (Å²) in [7, 11) is 1.62. The molecule has 0 fully saturated rings. The fourth-order valence-electron chi connectivity index (χ4n) is 2.12. The van der Waals surface area contributed by atoms with Gasteiger partial charge in [-0.2, -0.15) is 0 Å². The molecular formula is C15H13N3O2. The molecule has 0 saturated carbocycles. The third-order valence-corrected chi connectivity index (χ3v) is 3.03. The van der Waals surface area contributed by atoms with E-state index < -0.39 is 0 Å². The Hall–Kier alpha value is -2.82. The smallest absolute Gasteiger partial charge is 0.230 e. The number of nitrogens with two attached hydrogens (primary N) is 1. The van der Waals surface area contributed by atoms with Gasteiger partial charge in [-0.25, -0.2) is 0 Å². The number of hydrogen-bond donors (Lipinski definition) is 1. The molecule has 2 N–H and O–H groups in total. The van der Waals surface area contributed by atoms with Crippen LogP contribution in [0.4, 0.5) is 5.88 Å². The Morgan fingerprint density at radius 3 is 2.75 bits per heavy atom. The molecule has 0 amide bonds. The van der Waals surface area contributed by atoms with Crippen LogP contribution in [0.25, 0.3) is 22.4 Å². The topological polar surface area (TPSA) is 74.2 Å². The van der Waals surface area contributed by atoms with Crippen LogP contribution < -0.4 is 10.5 Å². The molecule has 0 aliphatic heterocycles. The van der Waals surface area contributed by atoms with E-state index in [4.69, 9.17) is 15.0 Å². The number of pyridine rings is 1. The van der Waals surface area contributed by atoms with Crippen LogP contribution in [0, 0.1) is 0 Å². The van der Waals surface area contributed by atoms with Crippen LogP contribution in [0.1, 0.15) is 0 Å². The van der Waals surface area contributed by atoms with Crippen LogP contribution in [0.5, 0.6) is 5.75 Å². The molecule has 1 aromatic carbocycles. The van der Waals surface area contributed by atoms with Crippen LogP contribution in [0.3, 0.4) is 0 Å². The quantitative estimate of drug-likeness (QED) is 0.789. The lowest BCUT2D eigenvalue weighted by Gasteiger charge is -2.07. The molecule has 2 aromatic heterocycles. The molecule has 20 heavy (non-hydrogen) atoms. The van der Waals surface area contributed by atoms with E-state index in [0.29, 0.717) is 11.4 Å². The van der Waals surface area contributed by atoms with Gasteiger partial charge in [-0.15, -0.1) is 0 Å². The first-order valence-corrected chi connectivity index (χ1v) is 6.10. The molecule has 0 bridgehead atoms. The highest BCUT2D eigenvalue weighted by Gasteiger charge is 2.19. The second-order valence-corrected chi connectivity index (χ2v) is 4.21. The van der Waals surface area contributed by atoms with Crippen molar-refractivity contribution in [1.82, 2.24) is 10.1 Å². The fraction of sp³-hybridized carbons (Fsp3) is 0.0667. The molecule has 0 radical (unpaired) electrons. The van der Waals surface area contributed by atoms with Gasteiger partial charge in [0.1, 0.15) is 11.4 Å². The van der Waals surface area contributed by atoms with Gasteiger partial charge >= 0.3 is 0 Å². The zero-order valence-electron chi connectivity index (χ0n) is 10.9. The first-order chi connectivity index (χ1) is 9.81. The van der Waals surface area contributed by atoms with Crippen molar-refractivity contribution in [2.75, 3.05) is 12.8 Å². The molecule has 3 rings (SSSR count). The lowest BCUT2D eigenvalue weighted by atomic mass is 10.0. The summed E-state index contributed by atoms with van der Waals surface area (Å²) in [5.74, 6) is 0.977. The van der Waals surface area contributed by atoms with Gasteiger partial charge in [0.25, 0.3) is 0 Å². The molecular weight excluding hydrogens is 254 g/mol. The highest BCUT2D eigenvalue weighted by atomic mass is 16.5. The van der Waals surface area contributed by atoms with Crippen LogP contribution >= 0.6 is 0 Å². The first kappa shape index (κ1) is 12.2. The average molecular weight is 267 g/mol. The van der Waals surface area contributed by atoms with Crippen molar-refractivity contribution in [1.29, 1.82) is 0 Å². The number of para-hydroxylation sites is 1. The van der Waals surface area contributed by atoms with Crippen molar-refractivity contribution in [3.63, 3.8) is 0 Å². The van der Waals surface area contributed by atoms with Gasteiger partial charge in [-0.1, -0.05) is 23.4 Å². The van der Waals surface area contributed by atoms with E-state index in [1.54, 1.807) is 19.5 Å². The van der Waals surface area contributed by atoms with Crippen molar-refractivity contribution in [3.05, 3.63) is 48.8 Å². The largest absolute Gasteiger partial charge is 0.496 e. The van der Waals surface area contributed by atoms with E-state index in [-0.39, 0.29) is 5.88 Å². The standard InChI is InChI=1S/C15H13N3O2/c1-19-12-7-3-2-6-11(12)14-13(15(16)20-18-14)10-5-4-8-17-9-10/h2-9H,16H2,1H3. The Bertz CT molecular complexity index is 723. The van der Waals surface area contributed by atoms with Crippen LogP contribution in [0.15, 0.2) is 53.3 Å². The average Bonchev–Trinajstić information content (AvgIpc) is 2.89. The number of aromatic nitrogens is 2. The lowest BCUT2D eigenvalue weighted by Crippen LogP contribution is -1.91. The van der Waals surface area contributed by atoms with Gasteiger partial charge in [0.15, 0.2) is 0 Å². The minimum absolute atomic E-state index is 0.263. The second-order valence-electron chi connectivity index (χ2n) is 4.21. The molecule has 0 atom stereocenters. The molecule has 5 nitrogen and oxygen atoms in total. The summed E-state index contributed by atoms with van der Waals surface area (Å²) in [5, 5.41) is 4.06. The SMILES string of the molecule is COc1ccccc1-c1noc(N)c1-c1cccnc1. The zero-order valence-corrected chi connectivity index (χ0v) is 10.9. The number of nitrogen functional groups attached to an aromatic ring is 1. The lowest BCUT2D eigenvalue weighted by molar-refractivity contribution is 0.414. The Labute approximate surface area is 116 Å². The Balaban J connectivity index is 2.22. The molecule has 0 saturated heterocycles. The fourth-order valence-corrected chi connectivity index (χ4v) is 2.12. The van der Waals surface area contributed by atoms with E-state index in [1.165, 1.54) is 0 Å². The number of anilines is 1. The van der Waals surface area contributed by atoms with Crippen LogP contribution in [0.2, 0.25) is 0 Å². The summed E-state index contributed by atoms with van der Waals surface area (Å²) in [6, 6.07) is 11.3. The van der Waals surface area contributed by atoms with E-state index in [1.807, 2.05) is 36.4 Å². The van der Waals surface area contributed by atoms with Crippen molar-refractivity contribution < 1.29 is 9.26 Å². The number of rotatable bonds is 3. The maximum absolute atomic E-state index is 5.90. The number of benzene rings is 1. The monoisotopic (exact) mass is 267 g/mol. The molecule has 100 valence electrons. The highest BCUT2D eigenvalue weighted by Crippen LogP contribution is 2.39. The van der Waals surface area contributed by atoms with Crippen molar-refractivity contribution >= 4 is 5.88 Å². The third-order valence-electron chi connectivity index (χ3n) is 3.03. The number of hydrogen-bond acceptors (Lipinski definition) is 5. The summed E-state index contributed by atoms with van der Waals surface area (Å²) < 4.78 is 10.5. The molecule has 0 aliphatic carbocycles. The van der Waals surface area contributed by atoms with E-state index in [2.05, 4.69) is 10.1 Å². The summed E-state index contributed by atoms with van der Waals surface area (Å²) in [5.41, 5.74) is 8.96. The van der Waals surface area contributed by atoms with Crippen molar-refractivity contribution in [2.24, 2.45) is 0 Å². The number of nitrogens with zero attached hydrogens (tertiary/aromatic N) is 2. The van der Waals surface area contributed by atoms with E-state index in [9.17, 15) is 0 Å². The highest BCUT2D eigenvalue weighted by molar-refractivity contribution is 5.88. The van der Waals surface area contributed by atoms with Gasteiger partial charge in [0.2, 0.25) is 5.88 Å². The summed E-state index contributed by atoms with van der Waals surface area (Å²) in [4.78, 5) is 4.10. The summed E-state index contributed by atoms with van der Waals surface area (Å²) >= 11 is 0. The second kappa shape index (κ2) is 5.05. The van der Waals surface area contributed by atoms with Gasteiger partial charge in [0, 0.05) is 23.5 Å². The molecule has 0 unspecified atom stereocenters. The third kappa shape index (κ3) is 1.99. The van der Waals surface area contributed by atoms with E-state index >= 15 is 0 Å². The maximum Gasteiger partial charge on any atom is 0.230 e. The van der Waals surface area contributed by atoms with Gasteiger partial charge in [-0.3, -0.25) is 4.98 Å². The first-order valence-electron chi connectivity index (χ1n) is 6.10. The minimum atomic E-state index is 0.263. The Morgan fingerprint density at radius 1 is 1.15 bits per heavy atom. The molecule has 5 heteroatoms. The molecule has 0 aliphatic rings. The number of methoxy groups -OCH3 is 1.